The van der Waals surface area contributed by atoms with Gasteiger partial charge in [0.2, 0.25) is 0 Å². The number of hydrogen-bond acceptors (Lipinski definition) is 0. The van der Waals surface area contributed by atoms with Crippen molar-refractivity contribution in [3.8, 4) is 0 Å². The second kappa shape index (κ2) is 2.68. The van der Waals surface area contributed by atoms with Crippen LogP contribution in [0.2, 0.25) is 0 Å². The van der Waals surface area contributed by atoms with Gasteiger partial charge in [-0.1, -0.05) is 15.9 Å². The van der Waals surface area contributed by atoms with Crippen LogP contribution in [0.15, 0.2) is 16.6 Å². The molecule has 0 atom stereocenters. The van der Waals surface area contributed by atoms with E-state index in [0.29, 0.717) is 11.3 Å². The first-order chi connectivity index (χ1) is 4.61. The van der Waals surface area contributed by atoms with Crippen LogP contribution in [0.5, 0.6) is 0 Å². The molecule has 0 aliphatic carbocycles. The van der Waals surface area contributed by atoms with Crippen LogP contribution < -0.4 is 5.73 Å². The number of rotatable bonds is 0. The summed E-state index contributed by atoms with van der Waals surface area (Å²) in [5.41, 5.74) is 4.93. The van der Waals surface area contributed by atoms with Gasteiger partial charge in [0.1, 0.15) is 11.5 Å². The Morgan fingerprint density at radius 3 is 2.60 bits per heavy atom. The average molecular weight is 205 g/mol. The van der Waals surface area contributed by atoms with Crippen LogP contribution in [-0.2, 0) is 0 Å². The molecule has 0 amide bonds. The molecule has 1 aromatic rings. The second-order valence-electron chi connectivity index (χ2n) is 2.18. The molecule has 0 saturated carbocycles. The van der Waals surface area contributed by atoms with Gasteiger partial charge in [-0.2, -0.15) is 0 Å². The van der Waals surface area contributed by atoms with Crippen molar-refractivity contribution in [3.63, 3.8) is 0 Å². The van der Waals surface area contributed by atoms with Crippen molar-refractivity contribution >= 4 is 21.6 Å². The van der Waals surface area contributed by atoms with E-state index in [0.717, 1.165) is 4.47 Å². The zero-order valence-corrected chi connectivity index (χ0v) is 7.20. The van der Waals surface area contributed by atoms with Crippen LogP contribution in [0.4, 0.5) is 10.1 Å². The van der Waals surface area contributed by atoms with Crippen LogP contribution in [0.1, 0.15) is 5.56 Å². The molecule has 0 saturated heterocycles. The fourth-order valence-corrected chi connectivity index (χ4v) is 1.18. The smallest absolute Gasteiger partial charge is 0.133 e. The minimum atomic E-state index is -0.209. The Kier molecular flexibility index (Phi) is 2.06. The van der Waals surface area contributed by atoms with E-state index in [-0.39, 0.29) is 5.82 Å². The van der Waals surface area contributed by atoms with Crippen molar-refractivity contribution in [2.24, 2.45) is 0 Å². The SMILES string of the molecule is Cc1c(F)cc([NH3+])cc1Br. The highest BCUT2D eigenvalue weighted by Crippen LogP contribution is 2.20. The third-order valence-electron chi connectivity index (χ3n) is 1.34. The minimum absolute atomic E-state index is 0.209. The molecule has 10 heavy (non-hydrogen) atoms. The maximum absolute atomic E-state index is 12.8. The molecule has 0 bridgehead atoms. The Balaban J connectivity index is 3.31. The largest absolute Gasteiger partial charge is 0.325 e. The van der Waals surface area contributed by atoms with Gasteiger partial charge in [0, 0.05) is 16.6 Å². The maximum atomic E-state index is 12.8. The molecular weight excluding hydrogens is 197 g/mol. The summed E-state index contributed by atoms with van der Waals surface area (Å²) in [6.07, 6.45) is 0. The summed E-state index contributed by atoms with van der Waals surface area (Å²) in [7, 11) is 0. The van der Waals surface area contributed by atoms with Crippen molar-refractivity contribution in [3.05, 3.63) is 28.0 Å². The molecule has 0 heterocycles. The van der Waals surface area contributed by atoms with Gasteiger partial charge in [0.25, 0.3) is 0 Å². The number of hydrogen-bond donors (Lipinski definition) is 1. The fourth-order valence-electron chi connectivity index (χ4n) is 0.698. The molecule has 0 fully saturated rings. The highest BCUT2D eigenvalue weighted by atomic mass is 79.9. The van der Waals surface area contributed by atoms with Crippen molar-refractivity contribution in [2.45, 2.75) is 6.92 Å². The summed E-state index contributed by atoms with van der Waals surface area (Å²) >= 11 is 3.22. The molecular formula is C7H8BrFN+. The monoisotopic (exact) mass is 204 g/mol. The number of halogens is 2. The van der Waals surface area contributed by atoms with Crippen molar-refractivity contribution in [1.82, 2.24) is 0 Å². The highest BCUT2D eigenvalue weighted by molar-refractivity contribution is 9.10. The average Bonchev–Trinajstić information content (AvgIpc) is 1.82. The van der Waals surface area contributed by atoms with Gasteiger partial charge >= 0.3 is 0 Å². The van der Waals surface area contributed by atoms with E-state index in [1.807, 2.05) is 0 Å². The van der Waals surface area contributed by atoms with Crippen LogP contribution in [0.25, 0.3) is 0 Å². The molecule has 3 N–H and O–H groups in total. The van der Waals surface area contributed by atoms with E-state index in [2.05, 4.69) is 21.7 Å². The molecule has 3 heteroatoms. The Morgan fingerprint density at radius 1 is 1.50 bits per heavy atom. The summed E-state index contributed by atoms with van der Waals surface area (Å²) in [5, 5.41) is 0. The Bertz CT molecular complexity index is 237. The molecule has 0 radical (unpaired) electrons. The van der Waals surface area contributed by atoms with Crippen LogP contribution in [-0.4, -0.2) is 0 Å². The normalized spacial score (nSPS) is 10.0. The van der Waals surface area contributed by atoms with Crippen LogP contribution >= 0.6 is 15.9 Å². The van der Waals surface area contributed by atoms with Crippen LogP contribution in [0.3, 0.4) is 0 Å². The summed E-state index contributed by atoms with van der Waals surface area (Å²) in [4.78, 5) is 0. The molecule has 0 spiro atoms. The topological polar surface area (TPSA) is 27.6 Å². The van der Waals surface area contributed by atoms with E-state index >= 15 is 0 Å². The standard InChI is InChI=1S/C7H7BrFN/c1-4-6(8)2-5(10)3-7(4)9/h2-3H,10H2,1H3/p+1. The van der Waals surface area contributed by atoms with E-state index in [4.69, 9.17) is 0 Å². The zero-order valence-electron chi connectivity index (χ0n) is 5.62. The number of quaternary nitrogens is 1. The summed E-state index contributed by atoms with van der Waals surface area (Å²) in [6, 6.07) is 3.21. The lowest BCUT2D eigenvalue weighted by Crippen LogP contribution is -2.40. The van der Waals surface area contributed by atoms with Gasteiger partial charge in [0.05, 0.1) is 0 Å². The maximum Gasteiger partial charge on any atom is 0.133 e. The van der Waals surface area contributed by atoms with Crippen molar-refractivity contribution < 1.29 is 10.1 Å². The predicted molar refractivity (Wildman–Crippen MR) is 41.4 cm³/mol. The van der Waals surface area contributed by atoms with E-state index in [1.165, 1.54) is 6.07 Å². The fraction of sp³-hybridized carbons (Fsp3) is 0.143. The Labute approximate surface area is 67.2 Å². The highest BCUT2D eigenvalue weighted by Gasteiger charge is 2.03. The quantitative estimate of drug-likeness (QED) is 0.668. The lowest BCUT2D eigenvalue weighted by atomic mass is 10.2. The van der Waals surface area contributed by atoms with E-state index in [1.54, 1.807) is 13.0 Å². The number of benzene rings is 1. The second-order valence-corrected chi connectivity index (χ2v) is 3.04. The Morgan fingerprint density at radius 2 is 2.10 bits per heavy atom. The molecule has 0 unspecified atom stereocenters. The third kappa shape index (κ3) is 1.36. The van der Waals surface area contributed by atoms with Gasteiger partial charge < -0.3 is 5.73 Å². The van der Waals surface area contributed by atoms with E-state index < -0.39 is 0 Å². The van der Waals surface area contributed by atoms with Crippen LogP contribution in [0, 0.1) is 12.7 Å². The zero-order chi connectivity index (χ0) is 7.72. The van der Waals surface area contributed by atoms with Crippen molar-refractivity contribution in [2.75, 3.05) is 0 Å². The Hall–Kier alpha value is -0.410. The van der Waals surface area contributed by atoms with Gasteiger partial charge in [-0.3, -0.25) is 0 Å². The minimum Gasteiger partial charge on any atom is -0.325 e. The first-order valence-electron chi connectivity index (χ1n) is 2.89. The molecule has 1 nitrogen and oxygen atoms in total. The molecule has 1 aromatic carbocycles. The first kappa shape index (κ1) is 7.69. The lowest BCUT2D eigenvalue weighted by molar-refractivity contribution is -0.255. The van der Waals surface area contributed by atoms with Gasteiger partial charge in [-0.25, -0.2) is 4.39 Å². The van der Waals surface area contributed by atoms with Crippen molar-refractivity contribution in [1.29, 1.82) is 0 Å². The summed E-state index contributed by atoms with van der Waals surface area (Å²) < 4.78 is 13.5. The molecule has 1 rings (SSSR count). The van der Waals surface area contributed by atoms with Gasteiger partial charge in [-0.05, 0) is 12.5 Å². The summed E-state index contributed by atoms with van der Waals surface area (Å²) in [6.45, 7) is 1.72. The third-order valence-corrected chi connectivity index (χ3v) is 2.16. The molecule has 0 aliphatic rings. The van der Waals surface area contributed by atoms with Gasteiger partial charge in [0.15, 0.2) is 0 Å². The lowest BCUT2D eigenvalue weighted by Gasteiger charge is -1.97. The van der Waals surface area contributed by atoms with Gasteiger partial charge in [-0.15, -0.1) is 0 Å². The first-order valence-corrected chi connectivity index (χ1v) is 3.68. The summed E-state index contributed by atoms with van der Waals surface area (Å²) in [5.74, 6) is -0.209. The predicted octanol–water partition coefficient (Wildman–Crippen LogP) is 1.77. The molecule has 0 aromatic heterocycles. The molecule has 0 aliphatic heterocycles. The van der Waals surface area contributed by atoms with E-state index in [9.17, 15) is 4.39 Å². The molecule has 54 valence electrons.